The second-order valence-electron chi connectivity index (χ2n) is 3.06. The first kappa shape index (κ1) is 10.5. The Kier molecular flexibility index (Phi) is 3.48. The molecule has 4 heteroatoms. The molecule has 1 N–H and O–H groups in total. The van der Waals surface area contributed by atoms with Gasteiger partial charge >= 0.3 is 0 Å². The number of benzene rings is 1. The van der Waals surface area contributed by atoms with Crippen LogP contribution in [0.2, 0.25) is 0 Å². The van der Waals surface area contributed by atoms with Gasteiger partial charge in [0.15, 0.2) is 0 Å². The van der Waals surface area contributed by atoms with Crippen LogP contribution >= 0.6 is 0 Å². The number of amides is 1. The van der Waals surface area contributed by atoms with E-state index in [9.17, 15) is 4.79 Å². The Bertz CT molecular complexity index is 306. The van der Waals surface area contributed by atoms with E-state index in [1.54, 1.807) is 50.5 Å². The molecule has 1 rings (SSSR count). The highest BCUT2D eigenvalue weighted by Crippen LogP contribution is 2.10. The van der Waals surface area contributed by atoms with Crippen molar-refractivity contribution in [3.63, 3.8) is 0 Å². The SMILES string of the molecule is COc1ccc(C(=O)NN(C)C)cc1. The van der Waals surface area contributed by atoms with Crippen molar-refractivity contribution < 1.29 is 9.53 Å². The van der Waals surface area contributed by atoms with Gasteiger partial charge in [-0.2, -0.15) is 0 Å². The molecule has 0 atom stereocenters. The first-order valence-corrected chi connectivity index (χ1v) is 4.26. The number of rotatable bonds is 3. The number of nitrogens with one attached hydrogen (secondary N) is 1. The molecule has 1 aromatic rings. The fourth-order valence-electron chi connectivity index (χ4n) is 1.01. The van der Waals surface area contributed by atoms with Gasteiger partial charge in [0.2, 0.25) is 0 Å². The number of nitrogens with zero attached hydrogens (tertiary/aromatic N) is 1. The van der Waals surface area contributed by atoms with E-state index in [1.807, 2.05) is 0 Å². The van der Waals surface area contributed by atoms with E-state index >= 15 is 0 Å². The molecular weight excluding hydrogens is 180 g/mol. The van der Waals surface area contributed by atoms with Crippen molar-refractivity contribution in [1.82, 2.24) is 10.4 Å². The summed E-state index contributed by atoms with van der Waals surface area (Å²) in [5.41, 5.74) is 3.26. The topological polar surface area (TPSA) is 41.6 Å². The number of ether oxygens (including phenoxy) is 1. The molecule has 0 saturated carbocycles. The van der Waals surface area contributed by atoms with Crippen LogP contribution in [0.4, 0.5) is 0 Å². The van der Waals surface area contributed by atoms with E-state index in [-0.39, 0.29) is 5.91 Å². The van der Waals surface area contributed by atoms with Gasteiger partial charge in [-0.3, -0.25) is 10.2 Å². The summed E-state index contributed by atoms with van der Waals surface area (Å²) < 4.78 is 4.99. The Morgan fingerprint density at radius 3 is 2.29 bits per heavy atom. The van der Waals surface area contributed by atoms with Crippen molar-refractivity contribution in [2.75, 3.05) is 21.2 Å². The highest BCUT2D eigenvalue weighted by Gasteiger charge is 2.05. The molecule has 0 aliphatic carbocycles. The molecule has 0 aliphatic rings. The minimum Gasteiger partial charge on any atom is -0.497 e. The van der Waals surface area contributed by atoms with Gasteiger partial charge in [-0.05, 0) is 24.3 Å². The summed E-state index contributed by atoms with van der Waals surface area (Å²) in [5.74, 6) is 0.615. The summed E-state index contributed by atoms with van der Waals surface area (Å²) in [6, 6.07) is 6.95. The summed E-state index contributed by atoms with van der Waals surface area (Å²) in [6.45, 7) is 0. The Morgan fingerprint density at radius 2 is 1.86 bits per heavy atom. The van der Waals surface area contributed by atoms with E-state index in [0.29, 0.717) is 5.56 Å². The lowest BCUT2D eigenvalue weighted by Crippen LogP contribution is -2.36. The maximum atomic E-state index is 11.5. The summed E-state index contributed by atoms with van der Waals surface area (Å²) in [4.78, 5) is 11.5. The van der Waals surface area contributed by atoms with Gasteiger partial charge in [0.25, 0.3) is 5.91 Å². The highest BCUT2D eigenvalue weighted by molar-refractivity contribution is 5.93. The van der Waals surface area contributed by atoms with Crippen LogP contribution < -0.4 is 10.2 Å². The van der Waals surface area contributed by atoms with Crippen molar-refractivity contribution in [3.8, 4) is 5.75 Å². The number of carbonyl (C=O) groups excluding carboxylic acids is 1. The van der Waals surface area contributed by atoms with Crippen LogP contribution in [0.1, 0.15) is 10.4 Å². The molecule has 0 fully saturated rings. The molecular formula is C10H14N2O2. The molecule has 0 saturated heterocycles. The molecule has 0 aromatic heterocycles. The average molecular weight is 194 g/mol. The smallest absolute Gasteiger partial charge is 0.265 e. The fraction of sp³-hybridized carbons (Fsp3) is 0.300. The van der Waals surface area contributed by atoms with Crippen molar-refractivity contribution in [2.24, 2.45) is 0 Å². The molecule has 0 spiro atoms. The zero-order valence-electron chi connectivity index (χ0n) is 8.57. The molecule has 0 radical (unpaired) electrons. The quantitative estimate of drug-likeness (QED) is 0.727. The van der Waals surface area contributed by atoms with Crippen molar-refractivity contribution >= 4 is 5.91 Å². The van der Waals surface area contributed by atoms with Crippen LogP contribution in [0.15, 0.2) is 24.3 Å². The molecule has 4 nitrogen and oxygen atoms in total. The van der Waals surface area contributed by atoms with Gasteiger partial charge in [0.1, 0.15) is 5.75 Å². The van der Waals surface area contributed by atoms with Crippen molar-refractivity contribution in [3.05, 3.63) is 29.8 Å². The third-order valence-electron chi connectivity index (χ3n) is 1.68. The van der Waals surface area contributed by atoms with Crippen LogP contribution in [0.5, 0.6) is 5.75 Å². The minimum atomic E-state index is -0.127. The highest BCUT2D eigenvalue weighted by atomic mass is 16.5. The molecule has 1 amide bonds. The lowest BCUT2D eigenvalue weighted by Gasteiger charge is -2.11. The van der Waals surface area contributed by atoms with Gasteiger partial charge < -0.3 is 4.74 Å². The molecule has 1 aromatic carbocycles. The summed E-state index contributed by atoms with van der Waals surface area (Å²) in [5, 5.41) is 1.60. The molecule has 14 heavy (non-hydrogen) atoms. The number of carbonyl (C=O) groups is 1. The predicted octanol–water partition coefficient (Wildman–Crippen LogP) is 0.902. The largest absolute Gasteiger partial charge is 0.497 e. The van der Waals surface area contributed by atoms with Crippen LogP contribution in [-0.2, 0) is 0 Å². The van der Waals surface area contributed by atoms with Gasteiger partial charge in [-0.25, -0.2) is 5.01 Å². The van der Waals surface area contributed by atoms with Crippen molar-refractivity contribution in [2.45, 2.75) is 0 Å². The molecule has 76 valence electrons. The van der Waals surface area contributed by atoms with E-state index in [4.69, 9.17) is 4.74 Å². The normalized spacial score (nSPS) is 10.0. The van der Waals surface area contributed by atoms with Gasteiger partial charge in [0, 0.05) is 19.7 Å². The Morgan fingerprint density at radius 1 is 1.29 bits per heavy atom. The molecule has 0 bridgehead atoms. The zero-order valence-corrected chi connectivity index (χ0v) is 8.57. The van der Waals surface area contributed by atoms with Crippen LogP contribution in [-0.4, -0.2) is 32.1 Å². The van der Waals surface area contributed by atoms with Gasteiger partial charge in [-0.1, -0.05) is 0 Å². The average Bonchev–Trinajstić information content (AvgIpc) is 2.17. The second-order valence-corrected chi connectivity index (χ2v) is 3.06. The van der Waals surface area contributed by atoms with Crippen LogP contribution in [0.25, 0.3) is 0 Å². The lowest BCUT2D eigenvalue weighted by molar-refractivity contribution is 0.0857. The van der Waals surface area contributed by atoms with Crippen LogP contribution in [0.3, 0.4) is 0 Å². The first-order chi connectivity index (χ1) is 6.63. The van der Waals surface area contributed by atoms with E-state index in [0.717, 1.165) is 5.75 Å². The summed E-state index contributed by atoms with van der Waals surface area (Å²) in [7, 11) is 5.12. The zero-order chi connectivity index (χ0) is 10.6. The molecule has 0 unspecified atom stereocenters. The number of hydrazine groups is 1. The minimum absolute atomic E-state index is 0.127. The Balaban J connectivity index is 2.71. The van der Waals surface area contributed by atoms with E-state index in [1.165, 1.54) is 0 Å². The molecule has 0 heterocycles. The Hall–Kier alpha value is -1.55. The number of methoxy groups -OCH3 is 1. The third kappa shape index (κ3) is 2.74. The predicted molar refractivity (Wildman–Crippen MR) is 54.1 cm³/mol. The summed E-state index contributed by atoms with van der Waals surface area (Å²) in [6.07, 6.45) is 0. The van der Waals surface area contributed by atoms with Gasteiger partial charge in [0.05, 0.1) is 7.11 Å². The second kappa shape index (κ2) is 4.62. The third-order valence-corrected chi connectivity index (χ3v) is 1.68. The van der Waals surface area contributed by atoms with Gasteiger partial charge in [-0.15, -0.1) is 0 Å². The maximum Gasteiger partial charge on any atom is 0.265 e. The fourth-order valence-corrected chi connectivity index (χ4v) is 1.01. The number of hydrogen-bond donors (Lipinski definition) is 1. The summed E-state index contributed by atoms with van der Waals surface area (Å²) >= 11 is 0. The molecule has 0 aliphatic heterocycles. The lowest BCUT2D eigenvalue weighted by atomic mass is 10.2. The first-order valence-electron chi connectivity index (χ1n) is 4.26. The van der Waals surface area contributed by atoms with E-state index < -0.39 is 0 Å². The number of hydrogen-bond acceptors (Lipinski definition) is 3. The van der Waals surface area contributed by atoms with Crippen LogP contribution in [0, 0.1) is 0 Å². The Labute approximate surface area is 83.4 Å². The maximum absolute atomic E-state index is 11.5. The van der Waals surface area contributed by atoms with E-state index in [2.05, 4.69) is 5.43 Å². The monoisotopic (exact) mass is 194 g/mol. The standard InChI is InChI=1S/C10H14N2O2/c1-12(2)11-10(13)8-4-6-9(14-3)7-5-8/h4-7H,1-3H3,(H,11,13). The van der Waals surface area contributed by atoms with Crippen molar-refractivity contribution in [1.29, 1.82) is 0 Å².